The first kappa shape index (κ1) is 15.5. The second-order valence-electron chi connectivity index (χ2n) is 4.15. The number of carbonyl (C=O) groups is 2. The van der Waals surface area contributed by atoms with E-state index in [2.05, 4.69) is 4.74 Å². The van der Waals surface area contributed by atoms with Crippen molar-refractivity contribution in [3.63, 3.8) is 0 Å². The van der Waals surface area contributed by atoms with Gasteiger partial charge in [-0.15, -0.1) is 0 Å². The van der Waals surface area contributed by atoms with Crippen molar-refractivity contribution in [3.05, 3.63) is 34.3 Å². The van der Waals surface area contributed by atoms with Crippen molar-refractivity contribution in [3.8, 4) is 0 Å². The average Bonchev–Trinajstić information content (AvgIpc) is 2.41. The van der Waals surface area contributed by atoms with Gasteiger partial charge in [-0.05, 0) is 25.5 Å². The summed E-state index contributed by atoms with van der Waals surface area (Å²) in [6.07, 6.45) is 0.180. The lowest BCUT2D eigenvalue weighted by atomic mass is 10.1. The van der Waals surface area contributed by atoms with Crippen LogP contribution >= 0.6 is 11.6 Å². The molecule has 0 heterocycles. The molecule has 0 aliphatic rings. The van der Waals surface area contributed by atoms with E-state index in [4.69, 9.17) is 11.6 Å². The number of nitrogens with zero attached hydrogens (tertiary/aromatic N) is 1. The third-order valence-corrected chi connectivity index (χ3v) is 3.41. The van der Waals surface area contributed by atoms with Crippen LogP contribution in [0.5, 0.6) is 0 Å². The maximum atomic E-state index is 12.3. The molecule has 0 aliphatic heterocycles. The highest BCUT2D eigenvalue weighted by molar-refractivity contribution is 6.34. The van der Waals surface area contributed by atoms with Crippen molar-refractivity contribution in [2.45, 2.75) is 20.3 Å². The van der Waals surface area contributed by atoms with Gasteiger partial charge in [0.15, 0.2) is 0 Å². The van der Waals surface area contributed by atoms with E-state index in [1.807, 2.05) is 19.9 Å². The van der Waals surface area contributed by atoms with Gasteiger partial charge < -0.3 is 9.64 Å². The predicted octanol–water partition coefficient (Wildman–Crippen LogP) is 2.67. The van der Waals surface area contributed by atoms with Gasteiger partial charge in [0.05, 0.1) is 24.1 Å². The van der Waals surface area contributed by atoms with E-state index in [1.165, 1.54) is 7.11 Å². The molecule has 1 aromatic carbocycles. The Morgan fingerprint density at radius 1 is 1.37 bits per heavy atom. The Hall–Kier alpha value is -1.55. The first-order chi connectivity index (χ1) is 9.01. The van der Waals surface area contributed by atoms with Gasteiger partial charge in [0.25, 0.3) is 5.91 Å². The minimum atomic E-state index is -0.332. The summed E-state index contributed by atoms with van der Waals surface area (Å²) in [5, 5.41) is 0.462. The van der Waals surface area contributed by atoms with Crippen molar-refractivity contribution in [2.24, 2.45) is 0 Å². The highest BCUT2D eigenvalue weighted by Crippen LogP contribution is 2.21. The van der Waals surface area contributed by atoms with Gasteiger partial charge in [-0.3, -0.25) is 9.59 Å². The van der Waals surface area contributed by atoms with Gasteiger partial charge in [-0.25, -0.2) is 0 Å². The molecule has 0 radical (unpaired) electrons. The number of carbonyl (C=O) groups excluding carboxylic acids is 2. The van der Waals surface area contributed by atoms with Gasteiger partial charge in [-0.1, -0.05) is 23.7 Å². The van der Waals surface area contributed by atoms with E-state index in [0.717, 1.165) is 5.56 Å². The second-order valence-corrected chi connectivity index (χ2v) is 4.53. The smallest absolute Gasteiger partial charge is 0.307 e. The molecule has 0 saturated carbocycles. The number of rotatable bonds is 5. The van der Waals surface area contributed by atoms with Gasteiger partial charge >= 0.3 is 5.97 Å². The number of halogens is 1. The zero-order valence-electron chi connectivity index (χ0n) is 11.4. The standard InChI is InChI=1S/C14H18ClNO3/c1-4-16(9-8-12(17)19-3)14(18)11-7-5-6-10(2)13(11)15/h5-7H,4,8-9H2,1-3H3. The quantitative estimate of drug-likeness (QED) is 0.781. The van der Waals surface area contributed by atoms with E-state index in [0.29, 0.717) is 23.7 Å². The molecule has 0 fully saturated rings. The van der Waals surface area contributed by atoms with Crippen molar-refractivity contribution in [1.82, 2.24) is 4.90 Å². The Kier molecular flexibility index (Phi) is 5.83. The zero-order chi connectivity index (χ0) is 14.4. The normalized spacial score (nSPS) is 10.1. The summed E-state index contributed by atoms with van der Waals surface area (Å²) < 4.78 is 4.57. The first-order valence-corrected chi connectivity index (χ1v) is 6.50. The van der Waals surface area contributed by atoms with Gasteiger partial charge in [-0.2, -0.15) is 0 Å². The third-order valence-electron chi connectivity index (χ3n) is 2.90. The van der Waals surface area contributed by atoms with Gasteiger partial charge in [0, 0.05) is 13.1 Å². The molecule has 5 heteroatoms. The van der Waals surface area contributed by atoms with Crippen LogP contribution < -0.4 is 0 Å². The van der Waals surface area contributed by atoms with Crippen LogP contribution in [-0.4, -0.2) is 37.0 Å². The Balaban J connectivity index is 2.84. The zero-order valence-corrected chi connectivity index (χ0v) is 12.2. The minimum Gasteiger partial charge on any atom is -0.469 e. The molecule has 0 N–H and O–H groups in total. The van der Waals surface area contributed by atoms with Gasteiger partial charge in [0.2, 0.25) is 0 Å². The van der Waals surface area contributed by atoms with Crippen LogP contribution in [0.3, 0.4) is 0 Å². The minimum absolute atomic E-state index is 0.167. The van der Waals surface area contributed by atoms with Crippen molar-refractivity contribution in [1.29, 1.82) is 0 Å². The number of benzene rings is 1. The number of methoxy groups -OCH3 is 1. The van der Waals surface area contributed by atoms with Crippen LogP contribution in [-0.2, 0) is 9.53 Å². The van der Waals surface area contributed by atoms with Crippen LogP contribution in [0.2, 0.25) is 5.02 Å². The molecule has 0 saturated heterocycles. The molecule has 0 aliphatic carbocycles. The van der Waals surface area contributed by atoms with Crippen molar-refractivity contribution >= 4 is 23.5 Å². The lowest BCUT2D eigenvalue weighted by Gasteiger charge is -2.21. The van der Waals surface area contributed by atoms with E-state index in [-0.39, 0.29) is 18.3 Å². The molecular formula is C14H18ClNO3. The summed E-state index contributed by atoms with van der Waals surface area (Å²) in [6, 6.07) is 5.34. The summed E-state index contributed by atoms with van der Waals surface area (Å²) in [4.78, 5) is 25.0. The predicted molar refractivity (Wildman–Crippen MR) is 74.4 cm³/mol. The Morgan fingerprint density at radius 3 is 2.63 bits per heavy atom. The maximum Gasteiger partial charge on any atom is 0.307 e. The van der Waals surface area contributed by atoms with Crippen LogP contribution in [0.1, 0.15) is 29.3 Å². The van der Waals surface area contributed by atoms with E-state index in [1.54, 1.807) is 17.0 Å². The molecule has 1 amide bonds. The molecule has 0 unspecified atom stereocenters. The van der Waals surface area contributed by atoms with Crippen LogP contribution in [0.4, 0.5) is 0 Å². The number of amides is 1. The highest BCUT2D eigenvalue weighted by atomic mass is 35.5. The van der Waals surface area contributed by atoms with Gasteiger partial charge in [0.1, 0.15) is 0 Å². The Labute approximate surface area is 118 Å². The van der Waals surface area contributed by atoms with Crippen LogP contribution in [0.25, 0.3) is 0 Å². The summed E-state index contributed by atoms with van der Waals surface area (Å²) in [7, 11) is 1.33. The lowest BCUT2D eigenvalue weighted by Crippen LogP contribution is -2.33. The van der Waals surface area contributed by atoms with E-state index in [9.17, 15) is 9.59 Å². The highest BCUT2D eigenvalue weighted by Gasteiger charge is 2.18. The molecule has 1 rings (SSSR count). The maximum absolute atomic E-state index is 12.3. The third kappa shape index (κ3) is 3.96. The number of hydrogen-bond donors (Lipinski definition) is 0. The number of esters is 1. The molecule has 0 atom stereocenters. The number of aryl methyl sites for hydroxylation is 1. The summed E-state index contributed by atoms with van der Waals surface area (Å²) in [5.74, 6) is -0.498. The SMILES string of the molecule is CCN(CCC(=O)OC)C(=O)c1cccc(C)c1Cl. The lowest BCUT2D eigenvalue weighted by molar-refractivity contribution is -0.140. The molecule has 1 aromatic rings. The second kappa shape index (κ2) is 7.14. The summed E-state index contributed by atoms with van der Waals surface area (Å²) >= 11 is 6.14. The Bertz CT molecular complexity index is 474. The molecular weight excluding hydrogens is 266 g/mol. The van der Waals surface area contributed by atoms with Crippen LogP contribution in [0.15, 0.2) is 18.2 Å². The largest absolute Gasteiger partial charge is 0.469 e. The molecule has 4 nitrogen and oxygen atoms in total. The van der Waals surface area contributed by atoms with E-state index < -0.39 is 0 Å². The summed E-state index contributed by atoms with van der Waals surface area (Å²) in [5.41, 5.74) is 1.32. The van der Waals surface area contributed by atoms with Crippen molar-refractivity contribution < 1.29 is 14.3 Å². The topological polar surface area (TPSA) is 46.6 Å². The van der Waals surface area contributed by atoms with Crippen molar-refractivity contribution in [2.75, 3.05) is 20.2 Å². The van der Waals surface area contributed by atoms with E-state index >= 15 is 0 Å². The molecule has 19 heavy (non-hydrogen) atoms. The summed E-state index contributed by atoms with van der Waals surface area (Å²) in [6.45, 7) is 4.55. The molecule has 104 valence electrons. The molecule has 0 aromatic heterocycles. The number of hydrogen-bond acceptors (Lipinski definition) is 3. The molecule has 0 spiro atoms. The fraction of sp³-hybridized carbons (Fsp3) is 0.429. The fourth-order valence-corrected chi connectivity index (χ4v) is 1.92. The first-order valence-electron chi connectivity index (χ1n) is 6.12. The molecule has 0 bridgehead atoms. The monoisotopic (exact) mass is 283 g/mol. The Morgan fingerprint density at radius 2 is 2.05 bits per heavy atom. The van der Waals surface area contributed by atoms with Crippen LogP contribution in [0, 0.1) is 6.92 Å². The average molecular weight is 284 g/mol. The fourth-order valence-electron chi connectivity index (χ4n) is 1.71. The number of ether oxygens (including phenoxy) is 1.